The van der Waals surface area contributed by atoms with Gasteiger partial charge < -0.3 is 5.32 Å². The first-order valence-electron chi connectivity index (χ1n) is 9.09. The average Bonchev–Trinajstić information content (AvgIpc) is 2.68. The van der Waals surface area contributed by atoms with Crippen molar-refractivity contribution in [2.45, 2.75) is 32.2 Å². The van der Waals surface area contributed by atoms with Crippen LogP contribution in [0.5, 0.6) is 0 Å². The topological polar surface area (TPSA) is 29.1 Å². The zero-order valence-corrected chi connectivity index (χ0v) is 15.4. The van der Waals surface area contributed by atoms with Gasteiger partial charge in [-0.3, -0.25) is 4.79 Å². The molecule has 0 spiro atoms. The number of amides is 1. The number of nitrogens with one attached hydrogen (secondary N) is 1. The largest absolute Gasteiger partial charge is 0.350 e. The molecule has 0 aromatic heterocycles. The van der Waals surface area contributed by atoms with Crippen molar-refractivity contribution in [2.75, 3.05) is 0 Å². The Morgan fingerprint density at radius 3 is 1.77 bits per heavy atom. The van der Waals surface area contributed by atoms with Gasteiger partial charge >= 0.3 is 0 Å². The third kappa shape index (κ3) is 4.60. The lowest BCUT2D eigenvalue weighted by Crippen LogP contribution is -2.28. The number of carbonyl (C=O) groups excluding carboxylic acids is 1. The molecule has 3 rings (SSSR count). The summed E-state index contributed by atoms with van der Waals surface area (Å²) in [6.45, 7) is 4.10. The molecule has 0 aliphatic heterocycles. The summed E-state index contributed by atoms with van der Waals surface area (Å²) in [6.07, 6.45) is 0.435. The first kappa shape index (κ1) is 17.9. The van der Waals surface area contributed by atoms with E-state index in [2.05, 4.69) is 60.8 Å². The van der Waals surface area contributed by atoms with Crippen LogP contribution in [0.2, 0.25) is 0 Å². The smallest absolute Gasteiger partial charge is 0.221 e. The Balaban J connectivity index is 1.74. The van der Waals surface area contributed by atoms with Crippen LogP contribution in [0.4, 0.5) is 0 Å². The Labute approximate surface area is 155 Å². The maximum absolute atomic E-state index is 12.7. The van der Waals surface area contributed by atoms with Crippen molar-refractivity contribution in [2.24, 2.45) is 0 Å². The van der Waals surface area contributed by atoms with Gasteiger partial charge in [0, 0.05) is 12.3 Å². The third-order valence-electron chi connectivity index (χ3n) is 4.75. The molecule has 2 heteroatoms. The van der Waals surface area contributed by atoms with E-state index in [1.165, 1.54) is 5.56 Å². The molecule has 0 radical (unpaired) electrons. The van der Waals surface area contributed by atoms with E-state index in [0.29, 0.717) is 6.42 Å². The van der Waals surface area contributed by atoms with E-state index >= 15 is 0 Å². The molecule has 1 atom stereocenters. The quantitative estimate of drug-likeness (QED) is 0.638. The minimum Gasteiger partial charge on any atom is -0.350 e. The van der Waals surface area contributed by atoms with Crippen molar-refractivity contribution in [1.82, 2.24) is 5.32 Å². The van der Waals surface area contributed by atoms with E-state index in [1.807, 2.05) is 43.3 Å². The lowest BCUT2D eigenvalue weighted by molar-refractivity contribution is -0.121. The monoisotopic (exact) mass is 343 g/mol. The summed E-state index contributed by atoms with van der Waals surface area (Å²) in [5.41, 5.74) is 4.68. The van der Waals surface area contributed by atoms with Gasteiger partial charge in [-0.05, 0) is 30.5 Å². The number of benzene rings is 3. The zero-order valence-electron chi connectivity index (χ0n) is 15.4. The molecule has 0 fully saturated rings. The fourth-order valence-electron chi connectivity index (χ4n) is 3.22. The normalized spacial score (nSPS) is 12.0. The van der Waals surface area contributed by atoms with E-state index < -0.39 is 0 Å². The summed E-state index contributed by atoms with van der Waals surface area (Å²) in [4.78, 5) is 12.7. The van der Waals surface area contributed by atoms with Crippen LogP contribution in [-0.2, 0) is 4.79 Å². The highest BCUT2D eigenvalue weighted by atomic mass is 16.1. The van der Waals surface area contributed by atoms with E-state index in [0.717, 1.165) is 16.7 Å². The van der Waals surface area contributed by atoms with Crippen LogP contribution in [-0.4, -0.2) is 5.91 Å². The molecule has 132 valence electrons. The summed E-state index contributed by atoms with van der Waals surface area (Å²) in [7, 11) is 0. The SMILES string of the molecule is Cc1ccc([C@@H](C)NC(=O)CC(c2ccccc2)c2ccccc2)cc1. The van der Waals surface area contributed by atoms with Gasteiger partial charge in [-0.25, -0.2) is 0 Å². The fraction of sp³-hybridized carbons (Fsp3) is 0.208. The van der Waals surface area contributed by atoms with Crippen molar-refractivity contribution >= 4 is 5.91 Å². The zero-order chi connectivity index (χ0) is 18.4. The first-order valence-corrected chi connectivity index (χ1v) is 9.09. The molecule has 2 nitrogen and oxygen atoms in total. The van der Waals surface area contributed by atoms with Crippen LogP contribution < -0.4 is 5.32 Å². The highest BCUT2D eigenvalue weighted by Crippen LogP contribution is 2.28. The Morgan fingerprint density at radius 1 is 0.769 bits per heavy atom. The summed E-state index contributed by atoms with van der Waals surface area (Å²) in [5, 5.41) is 3.15. The fourth-order valence-corrected chi connectivity index (χ4v) is 3.22. The molecule has 0 unspecified atom stereocenters. The van der Waals surface area contributed by atoms with Crippen molar-refractivity contribution in [3.05, 3.63) is 107 Å². The van der Waals surface area contributed by atoms with Crippen molar-refractivity contribution in [3.8, 4) is 0 Å². The lowest BCUT2D eigenvalue weighted by atomic mass is 9.88. The maximum atomic E-state index is 12.7. The van der Waals surface area contributed by atoms with Crippen molar-refractivity contribution in [1.29, 1.82) is 0 Å². The van der Waals surface area contributed by atoms with Gasteiger partial charge in [-0.15, -0.1) is 0 Å². The molecular weight excluding hydrogens is 318 g/mol. The second-order valence-corrected chi connectivity index (χ2v) is 6.78. The molecule has 0 aliphatic carbocycles. The first-order chi connectivity index (χ1) is 12.6. The molecule has 0 saturated heterocycles. The standard InChI is InChI=1S/C24H25NO/c1-18-13-15-20(16-14-18)19(2)25-24(26)17-23(21-9-5-3-6-10-21)22-11-7-4-8-12-22/h3-16,19,23H,17H2,1-2H3,(H,25,26)/t19-/m1/s1. The van der Waals surface area contributed by atoms with Crippen LogP contribution in [0.3, 0.4) is 0 Å². The Morgan fingerprint density at radius 2 is 1.27 bits per heavy atom. The summed E-state index contributed by atoms with van der Waals surface area (Å²) >= 11 is 0. The van der Waals surface area contributed by atoms with Crippen LogP contribution in [0, 0.1) is 6.92 Å². The van der Waals surface area contributed by atoms with Gasteiger partial charge in [-0.1, -0.05) is 90.5 Å². The minimum atomic E-state index is -0.00435. The molecule has 1 N–H and O–H groups in total. The van der Waals surface area contributed by atoms with E-state index in [1.54, 1.807) is 0 Å². The number of hydrogen-bond acceptors (Lipinski definition) is 1. The van der Waals surface area contributed by atoms with Crippen molar-refractivity contribution < 1.29 is 4.79 Å². The molecule has 0 saturated carbocycles. The predicted molar refractivity (Wildman–Crippen MR) is 107 cm³/mol. The number of carbonyl (C=O) groups is 1. The molecule has 0 bridgehead atoms. The average molecular weight is 343 g/mol. The van der Waals surface area contributed by atoms with Crippen LogP contribution in [0.25, 0.3) is 0 Å². The van der Waals surface area contributed by atoms with Crippen molar-refractivity contribution in [3.63, 3.8) is 0 Å². The molecule has 26 heavy (non-hydrogen) atoms. The number of rotatable bonds is 6. The van der Waals surface area contributed by atoms with E-state index in [9.17, 15) is 4.79 Å². The van der Waals surface area contributed by atoms with Crippen LogP contribution >= 0.6 is 0 Å². The second-order valence-electron chi connectivity index (χ2n) is 6.78. The highest BCUT2D eigenvalue weighted by Gasteiger charge is 2.19. The third-order valence-corrected chi connectivity index (χ3v) is 4.75. The Hall–Kier alpha value is -2.87. The number of hydrogen-bond donors (Lipinski definition) is 1. The molecule has 0 aliphatic rings. The molecule has 3 aromatic carbocycles. The molecule has 1 amide bonds. The molecule has 0 heterocycles. The van der Waals surface area contributed by atoms with Gasteiger partial charge in [0.2, 0.25) is 5.91 Å². The summed E-state index contributed by atoms with van der Waals surface area (Å²) in [6, 6.07) is 28.8. The van der Waals surface area contributed by atoms with Crippen LogP contribution in [0.15, 0.2) is 84.9 Å². The van der Waals surface area contributed by atoms with Gasteiger partial charge in [0.25, 0.3) is 0 Å². The molecule has 3 aromatic rings. The second kappa shape index (κ2) is 8.48. The van der Waals surface area contributed by atoms with E-state index in [-0.39, 0.29) is 17.9 Å². The summed E-state index contributed by atoms with van der Waals surface area (Å²) in [5.74, 6) is 0.124. The van der Waals surface area contributed by atoms with Crippen LogP contribution in [0.1, 0.15) is 47.6 Å². The summed E-state index contributed by atoms with van der Waals surface area (Å²) < 4.78 is 0. The number of aryl methyl sites for hydroxylation is 1. The molecular formula is C24H25NO. The Bertz CT molecular complexity index is 786. The minimum absolute atomic E-state index is 0.00435. The maximum Gasteiger partial charge on any atom is 0.221 e. The highest BCUT2D eigenvalue weighted by molar-refractivity contribution is 5.78. The van der Waals surface area contributed by atoms with Gasteiger partial charge in [0.1, 0.15) is 0 Å². The lowest BCUT2D eigenvalue weighted by Gasteiger charge is -2.20. The van der Waals surface area contributed by atoms with Gasteiger partial charge in [0.15, 0.2) is 0 Å². The Kier molecular flexibility index (Phi) is 5.85. The predicted octanol–water partition coefficient (Wildman–Crippen LogP) is 5.39. The van der Waals surface area contributed by atoms with Gasteiger partial charge in [0.05, 0.1) is 6.04 Å². The van der Waals surface area contributed by atoms with E-state index in [4.69, 9.17) is 0 Å². The van der Waals surface area contributed by atoms with Gasteiger partial charge in [-0.2, -0.15) is 0 Å².